The Hall–Kier alpha value is -0.780. The molecule has 0 fully saturated rings. The summed E-state index contributed by atoms with van der Waals surface area (Å²) in [6.07, 6.45) is 6.98. The monoisotopic (exact) mass is 226 g/mol. The highest BCUT2D eigenvalue weighted by Crippen LogP contribution is 2.28. The predicted molar refractivity (Wildman–Crippen MR) is 61.1 cm³/mol. The SMILES string of the molecule is C#CCCCC(=O)c1scc(C)c1Cl. The third-order valence-electron chi connectivity index (χ3n) is 1.88. The maximum Gasteiger partial charge on any atom is 0.174 e. The van der Waals surface area contributed by atoms with E-state index in [-0.39, 0.29) is 5.78 Å². The van der Waals surface area contributed by atoms with Crippen LogP contribution in [0, 0.1) is 19.3 Å². The summed E-state index contributed by atoms with van der Waals surface area (Å²) in [5.74, 6) is 2.61. The van der Waals surface area contributed by atoms with E-state index in [0.29, 0.717) is 22.7 Å². The quantitative estimate of drug-likeness (QED) is 0.435. The molecular weight excluding hydrogens is 216 g/mol. The van der Waals surface area contributed by atoms with Gasteiger partial charge in [0.15, 0.2) is 5.78 Å². The van der Waals surface area contributed by atoms with Crippen LogP contribution in [0.3, 0.4) is 0 Å². The van der Waals surface area contributed by atoms with Gasteiger partial charge in [-0.3, -0.25) is 4.79 Å². The molecule has 1 heterocycles. The number of halogens is 1. The summed E-state index contributed by atoms with van der Waals surface area (Å²) in [6, 6.07) is 0. The average molecular weight is 227 g/mol. The minimum Gasteiger partial charge on any atom is -0.293 e. The van der Waals surface area contributed by atoms with E-state index in [9.17, 15) is 4.79 Å². The van der Waals surface area contributed by atoms with Gasteiger partial charge in [0, 0.05) is 12.8 Å². The Bertz CT molecular complexity index is 373. The fourth-order valence-electron chi connectivity index (χ4n) is 1.08. The summed E-state index contributed by atoms with van der Waals surface area (Å²) in [7, 11) is 0. The lowest BCUT2D eigenvalue weighted by atomic mass is 10.1. The van der Waals surface area contributed by atoms with Crippen molar-refractivity contribution in [1.29, 1.82) is 0 Å². The number of unbranched alkanes of at least 4 members (excludes halogenated alkanes) is 1. The molecule has 3 heteroatoms. The lowest BCUT2D eigenvalue weighted by molar-refractivity contribution is 0.0984. The smallest absolute Gasteiger partial charge is 0.174 e. The Balaban J connectivity index is 2.62. The van der Waals surface area contributed by atoms with E-state index < -0.39 is 0 Å². The number of Topliss-reactive ketones (excluding diaryl/α,β-unsaturated/α-hetero) is 1. The van der Waals surface area contributed by atoms with Gasteiger partial charge in [0.1, 0.15) is 0 Å². The number of hydrogen-bond acceptors (Lipinski definition) is 2. The molecule has 0 aliphatic rings. The first-order chi connectivity index (χ1) is 6.66. The zero-order chi connectivity index (χ0) is 10.6. The van der Waals surface area contributed by atoms with E-state index >= 15 is 0 Å². The van der Waals surface area contributed by atoms with Crippen molar-refractivity contribution in [3.63, 3.8) is 0 Å². The number of thiophene rings is 1. The van der Waals surface area contributed by atoms with Crippen LogP contribution in [0.4, 0.5) is 0 Å². The summed E-state index contributed by atoms with van der Waals surface area (Å²) < 4.78 is 0. The van der Waals surface area contributed by atoms with Gasteiger partial charge in [0.05, 0.1) is 9.90 Å². The van der Waals surface area contributed by atoms with E-state index in [1.54, 1.807) is 0 Å². The maximum atomic E-state index is 11.6. The van der Waals surface area contributed by atoms with E-state index in [2.05, 4.69) is 5.92 Å². The van der Waals surface area contributed by atoms with E-state index in [4.69, 9.17) is 18.0 Å². The fourth-order valence-corrected chi connectivity index (χ4v) is 2.35. The number of aryl methyl sites for hydroxylation is 1. The highest BCUT2D eigenvalue weighted by molar-refractivity contribution is 7.13. The van der Waals surface area contributed by atoms with Crippen molar-refractivity contribution >= 4 is 28.7 Å². The van der Waals surface area contributed by atoms with Crippen molar-refractivity contribution in [2.75, 3.05) is 0 Å². The first kappa shape index (κ1) is 11.3. The predicted octanol–water partition coefficient (Wildman–Crippen LogP) is 3.70. The standard InChI is InChI=1S/C11H11ClOS/c1-3-4-5-6-9(13)11-10(12)8(2)7-14-11/h1,7H,4-6H2,2H3. The maximum absolute atomic E-state index is 11.6. The minimum atomic E-state index is 0.100. The molecule has 1 aromatic heterocycles. The zero-order valence-electron chi connectivity index (χ0n) is 7.97. The lowest BCUT2D eigenvalue weighted by Crippen LogP contribution is -1.96. The molecule has 0 saturated carbocycles. The van der Waals surface area contributed by atoms with Crippen LogP contribution in [0.5, 0.6) is 0 Å². The van der Waals surface area contributed by atoms with Crippen LogP contribution >= 0.6 is 22.9 Å². The second-order valence-electron chi connectivity index (χ2n) is 3.04. The van der Waals surface area contributed by atoms with Crippen molar-refractivity contribution in [2.45, 2.75) is 26.2 Å². The van der Waals surface area contributed by atoms with Crippen LogP contribution in [-0.2, 0) is 0 Å². The first-order valence-electron chi connectivity index (χ1n) is 4.37. The Kier molecular flexibility index (Phi) is 4.19. The molecule has 14 heavy (non-hydrogen) atoms. The summed E-state index contributed by atoms with van der Waals surface area (Å²) >= 11 is 7.37. The summed E-state index contributed by atoms with van der Waals surface area (Å²) in [5, 5.41) is 2.50. The van der Waals surface area contributed by atoms with Crippen LogP contribution in [0.2, 0.25) is 5.02 Å². The van der Waals surface area contributed by atoms with Crippen LogP contribution in [0.25, 0.3) is 0 Å². The van der Waals surface area contributed by atoms with Gasteiger partial charge in [-0.25, -0.2) is 0 Å². The number of ketones is 1. The number of terminal acetylenes is 1. The number of carbonyl (C=O) groups is 1. The molecule has 1 nitrogen and oxygen atoms in total. The van der Waals surface area contributed by atoms with Crippen LogP contribution in [0.1, 0.15) is 34.5 Å². The molecule has 0 aliphatic heterocycles. The van der Waals surface area contributed by atoms with E-state index in [1.165, 1.54) is 11.3 Å². The van der Waals surface area contributed by atoms with Gasteiger partial charge in [0.25, 0.3) is 0 Å². The largest absolute Gasteiger partial charge is 0.293 e. The van der Waals surface area contributed by atoms with Gasteiger partial charge in [-0.2, -0.15) is 0 Å². The first-order valence-corrected chi connectivity index (χ1v) is 5.63. The zero-order valence-corrected chi connectivity index (χ0v) is 9.54. The highest BCUT2D eigenvalue weighted by Gasteiger charge is 2.13. The topological polar surface area (TPSA) is 17.1 Å². The van der Waals surface area contributed by atoms with Crippen molar-refractivity contribution in [2.24, 2.45) is 0 Å². The molecule has 0 saturated heterocycles. The molecule has 0 atom stereocenters. The second kappa shape index (κ2) is 5.19. The molecule has 0 aliphatic carbocycles. The van der Waals surface area contributed by atoms with Crippen molar-refractivity contribution in [1.82, 2.24) is 0 Å². The molecule has 1 aromatic rings. The minimum absolute atomic E-state index is 0.100. The number of rotatable bonds is 4. The van der Waals surface area contributed by atoms with Crippen molar-refractivity contribution in [3.8, 4) is 12.3 Å². The fraction of sp³-hybridized carbons (Fsp3) is 0.364. The summed E-state index contributed by atoms with van der Waals surface area (Å²) in [5.41, 5.74) is 0.969. The molecule has 0 radical (unpaired) electrons. The highest BCUT2D eigenvalue weighted by atomic mass is 35.5. The van der Waals surface area contributed by atoms with Crippen molar-refractivity contribution < 1.29 is 4.79 Å². The molecule has 0 spiro atoms. The second-order valence-corrected chi connectivity index (χ2v) is 4.30. The molecule has 0 aromatic carbocycles. The Morgan fingerprint density at radius 2 is 2.43 bits per heavy atom. The van der Waals surface area contributed by atoms with Gasteiger partial charge in [-0.05, 0) is 24.3 Å². The molecule has 0 unspecified atom stereocenters. The number of hydrogen-bond donors (Lipinski definition) is 0. The number of carbonyl (C=O) groups excluding carboxylic acids is 1. The Morgan fingerprint density at radius 3 is 2.93 bits per heavy atom. The molecule has 0 N–H and O–H groups in total. The van der Waals surface area contributed by atoms with Gasteiger partial charge in [-0.1, -0.05) is 11.6 Å². The summed E-state index contributed by atoms with van der Waals surface area (Å²) in [4.78, 5) is 12.3. The summed E-state index contributed by atoms with van der Waals surface area (Å²) in [6.45, 7) is 1.90. The van der Waals surface area contributed by atoms with Gasteiger partial charge >= 0.3 is 0 Å². The molecule has 1 rings (SSSR count). The third-order valence-corrected chi connectivity index (χ3v) is 3.62. The van der Waals surface area contributed by atoms with Crippen LogP contribution in [-0.4, -0.2) is 5.78 Å². The van der Waals surface area contributed by atoms with E-state index in [0.717, 1.165) is 12.0 Å². The van der Waals surface area contributed by atoms with Gasteiger partial charge in [-0.15, -0.1) is 23.7 Å². The van der Waals surface area contributed by atoms with Gasteiger partial charge in [0.2, 0.25) is 0 Å². The normalized spacial score (nSPS) is 9.79. The Morgan fingerprint density at radius 1 is 1.71 bits per heavy atom. The molecule has 0 amide bonds. The lowest BCUT2D eigenvalue weighted by Gasteiger charge is -1.96. The third kappa shape index (κ3) is 2.60. The van der Waals surface area contributed by atoms with Crippen LogP contribution in [0.15, 0.2) is 5.38 Å². The average Bonchev–Trinajstić information content (AvgIpc) is 2.48. The van der Waals surface area contributed by atoms with Crippen molar-refractivity contribution in [3.05, 3.63) is 20.8 Å². The molecular formula is C11H11ClOS. The van der Waals surface area contributed by atoms with Gasteiger partial charge < -0.3 is 0 Å². The molecule has 0 bridgehead atoms. The van der Waals surface area contributed by atoms with E-state index in [1.807, 2.05) is 12.3 Å². The molecule has 74 valence electrons. The van der Waals surface area contributed by atoms with Crippen LogP contribution < -0.4 is 0 Å². The Labute approximate surface area is 93.1 Å².